The van der Waals surface area contributed by atoms with E-state index in [-0.39, 0.29) is 18.4 Å². The molecule has 1 amide bonds. The monoisotopic (exact) mass is 279 g/mol. The fourth-order valence-electron chi connectivity index (χ4n) is 1.96. The summed E-state index contributed by atoms with van der Waals surface area (Å²) < 4.78 is 0. The predicted molar refractivity (Wildman–Crippen MR) is 75.0 cm³/mol. The smallest absolute Gasteiger partial charge is 0.305 e. The maximum Gasteiger partial charge on any atom is 0.305 e. The van der Waals surface area contributed by atoms with Crippen molar-refractivity contribution in [3.63, 3.8) is 0 Å². The summed E-state index contributed by atoms with van der Waals surface area (Å²) in [6.45, 7) is 1.99. The van der Waals surface area contributed by atoms with Crippen molar-refractivity contribution in [1.29, 1.82) is 0 Å². The number of carboxylic acids is 1. The Kier molecular flexibility index (Phi) is 4.37. The highest BCUT2D eigenvalue weighted by atomic mass is 32.1. The second kappa shape index (κ2) is 6.02. The van der Waals surface area contributed by atoms with Gasteiger partial charge < -0.3 is 10.4 Å². The minimum absolute atomic E-state index is 0.00226. The second-order valence-electron chi connectivity index (χ2n) is 4.85. The second-order valence-corrected chi connectivity index (χ2v) is 5.80. The highest BCUT2D eigenvalue weighted by Gasteiger charge is 2.33. The molecule has 1 aromatic heterocycles. The average Bonchev–Trinajstić information content (AvgIpc) is 3.10. The first-order valence-corrected chi connectivity index (χ1v) is 7.18. The lowest BCUT2D eigenvalue weighted by atomic mass is 10.1. The number of carbonyl (C=O) groups excluding carboxylic acids is 1. The lowest BCUT2D eigenvalue weighted by Gasteiger charge is -2.14. The van der Waals surface area contributed by atoms with Crippen molar-refractivity contribution in [1.82, 2.24) is 5.32 Å². The van der Waals surface area contributed by atoms with Crippen molar-refractivity contribution in [3.8, 4) is 0 Å². The van der Waals surface area contributed by atoms with E-state index in [9.17, 15) is 9.59 Å². The molecule has 1 unspecified atom stereocenters. The molecule has 0 radical (unpaired) electrons. The van der Waals surface area contributed by atoms with Gasteiger partial charge in [-0.3, -0.25) is 9.59 Å². The molecule has 1 heterocycles. The normalized spacial score (nSPS) is 16.5. The van der Waals surface area contributed by atoms with Crippen LogP contribution < -0.4 is 5.32 Å². The van der Waals surface area contributed by atoms with Crippen LogP contribution in [0.15, 0.2) is 17.5 Å². The van der Waals surface area contributed by atoms with E-state index in [1.54, 1.807) is 17.4 Å². The zero-order valence-electron chi connectivity index (χ0n) is 10.8. The molecule has 1 atom stereocenters. The van der Waals surface area contributed by atoms with Crippen LogP contribution in [0.2, 0.25) is 0 Å². The predicted octanol–water partition coefficient (Wildman–Crippen LogP) is 2.44. The van der Waals surface area contributed by atoms with E-state index >= 15 is 0 Å². The molecule has 1 saturated carbocycles. The molecule has 1 aromatic rings. The van der Waals surface area contributed by atoms with E-state index in [1.807, 2.05) is 18.4 Å². The van der Waals surface area contributed by atoms with Gasteiger partial charge in [-0.05, 0) is 48.8 Å². The standard InChI is InChI=1S/C14H17NO3S/c1-9-6-7-19-12(9)4-5-13(16)15-11(8-14(17)18)10-2-3-10/h4-7,10-11H,2-3,8H2,1H3,(H,15,16)(H,17,18)/b5-4+. The van der Waals surface area contributed by atoms with Gasteiger partial charge in [-0.1, -0.05) is 0 Å². The lowest BCUT2D eigenvalue weighted by molar-refractivity contribution is -0.137. The van der Waals surface area contributed by atoms with Gasteiger partial charge >= 0.3 is 5.97 Å². The molecule has 0 aliphatic heterocycles. The summed E-state index contributed by atoms with van der Waals surface area (Å²) in [6.07, 6.45) is 5.27. The topological polar surface area (TPSA) is 66.4 Å². The number of rotatable bonds is 6. The van der Waals surface area contributed by atoms with E-state index in [2.05, 4.69) is 5.32 Å². The number of aliphatic carboxylic acids is 1. The summed E-state index contributed by atoms with van der Waals surface area (Å²) in [5, 5.41) is 13.6. The molecule has 0 bridgehead atoms. The van der Waals surface area contributed by atoms with Crippen LogP contribution in [0.5, 0.6) is 0 Å². The van der Waals surface area contributed by atoms with Gasteiger partial charge in [0.1, 0.15) is 0 Å². The number of hydrogen-bond acceptors (Lipinski definition) is 3. The number of nitrogens with one attached hydrogen (secondary N) is 1. The maximum atomic E-state index is 11.8. The summed E-state index contributed by atoms with van der Waals surface area (Å²) in [5.41, 5.74) is 1.14. The highest BCUT2D eigenvalue weighted by molar-refractivity contribution is 7.11. The van der Waals surface area contributed by atoms with Crippen LogP contribution in [0.25, 0.3) is 6.08 Å². The van der Waals surface area contributed by atoms with Crippen molar-refractivity contribution >= 4 is 29.3 Å². The first kappa shape index (κ1) is 13.8. The van der Waals surface area contributed by atoms with Crippen molar-refractivity contribution in [2.45, 2.75) is 32.2 Å². The molecule has 1 fully saturated rings. The molecule has 102 valence electrons. The molecular weight excluding hydrogens is 262 g/mol. The Morgan fingerprint density at radius 1 is 1.58 bits per heavy atom. The van der Waals surface area contributed by atoms with E-state index < -0.39 is 5.97 Å². The van der Waals surface area contributed by atoms with Crippen LogP contribution in [0.1, 0.15) is 29.7 Å². The molecule has 0 saturated heterocycles. The van der Waals surface area contributed by atoms with E-state index in [0.717, 1.165) is 23.3 Å². The van der Waals surface area contributed by atoms with Gasteiger partial charge in [-0.15, -0.1) is 11.3 Å². The Balaban J connectivity index is 1.90. The minimum Gasteiger partial charge on any atom is -0.481 e. The number of thiophene rings is 1. The number of carbonyl (C=O) groups is 2. The highest BCUT2D eigenvalue weighted by Crippen LogP contribution is 2.34. The Labute approximate surface area is 116 Å². The van der Waals surface area contributed by atoms with Crippen LogP contribution in [0.3, 0.4) is 0 Å². The quantitative estimate of drug-likeness (QED) is 0.786. The van der Waals surface area contributed by atoms with E-state index in [1.165, 1.54) is 6.08 Å². The third kappa shape index (κ3) is 4.21. The summed E-state index contributed by atoms with van der Waals surface area (Å²) in [5.74, 6) is -0.752. The van der Waals surface area contributed by atoms with Gasteiger partial charge in [0.25, 0.3) is 0 Å². The lowest BCUT2D eigenvalue weighted by Crippen LogP contribution is -2.37. The van der Waals surface area contributed by atoms with Crippen molar-refractivity contribution in [2.75, 3.05) is 0 Å². The van der Waals surface area contributed by atoms with Gasteiger partial charge in [0, 0.05) is 17.0 Å². The molecule has 0 spiro atoms. The third-order valence-corrected chi connectivity index (χ3v) is 4.19. The maximum absolute atomic E-state index is 11.8. The Hall–Kier alpha value is -1.62. The summed E-state index contributed by atoms with van der Waals surface area (Å²) in [6, 6.07) is 1.76. The van der Waals surface area contributed by atoms with Crippen molar-refractivity contribution < 1.29 is 14.7 Å². The van der Waals surface area contributed by atoms with Crippen molar-refractivity contribution in [2.24, 2.45) is 5.92 Å². The van der Waals surface area contributed by atoms with Crippen molar-refractivity contribution in [3.05, 3.63) is 28.0 Å². The average molecular weight is 279 g/mol. The molecular formula is C14H17NO3S. The van der Waals surface area contributed by atoms with Crippen LogP contribution in [-0.2, 0) is 9.59 Å². The molecule has 19 heavy (non-hydrogen) atoms. The number of hydrogen-bond donors (Lipinski definition) is 2. The fourth-order valence-corrected chi connectivity index (χ4v) is 2.78. The summed E-state index contributed by atoms with van der Waals surface area (Å²) >= 11 is 1.58. The van der Waals surface area contributed by atoms with E-state index in [4.69, 9.17) is 5.11 Å². The zero-order valence-corrected chi connectivity index (χ0v) is 11.6. The number of carboxylic acid groups (broad SMARTS) is 1. The van der Waals surface area contributed by atoms with E-state index in [0.29, 0.717) is 5.92 Å². The molecule has 1 aliphatic carbocycles. The van der Waals surface area contributed by atoms with Crippen LogP contribution >= 0.6 is 11.3 Å². The first-order chi connectivity index (χ1) is 9.06. The number of aryl methyl sites for hydroxylation is 1. The Morgan fingerprint density at radius 2 is 2.32 bits per heavy atom. The zero-order chi connectivity index (χ0) is 13.8. The molecule has 5 heteroatoms. The van der Waals surface area contributed by atoms with Gasteiger partial charge in [-0.2, -0.15) is 0 Å². The fraction of sp³-hybridized carbons (Fsp3) is 0.429. The van der Waals surface area contributed by atoms with Gasteiger partial charge in [0.2, 0.25) is 5.91 Å². The Bertz CT molecular complexity index is 503. The SMILES string of the molecule is Cc1ccsc1/C=C/C(=O)NC(CC(=O)O)C1CC1. The van der Waals surface area contributed by atoms with Gasteiger partial charge in [-0.25, -0.2) is 0 Å². The van der Waals surface area contributed by atoms with Crippen LogP contribution in [0.4, 0.5) is 0 Å². The largest absolute Gasteiger partial charge is 0.481 e. The summed E-state index contributed by atoms with van der Waals surface area (Å²) in [4.78, 5) is 23.6. The number of amides is 1. The molecule has 0 aromatic carbocycles. The molecule has 4 nitrogen and oxygen atoms in total. The molecule has 2 rings (SSSR count). The Morgan fingerprint density at radius 3 is 2.84 bits per heavy atom. The van der Waals surface area contributed by atoms with Gasteiger partial charge in [0.15, 0.2) is 0 Å². The molecule has 1 aliphatic rings. The molecule has 2 N–H and O–H groups in total. The van der Waals surface area contributed by atoms with Crippen LogP contribution in [-0.4, -0.2) is 23.0 Å². The third-order valence-electron chi connectivity index (χ3n) is 3.20. The van der Waals surface area contributed by atoms with Crippen LogP contribution in [0, 0.1) is 12.8 Å². The summed E-state index contributed by atoms with van der Waals surface area (Å²) in [7, 11) is 0. The first-order valence-electron chi connectivity index (χ1n) is 6.30. The minimum atomic E-state index is -0.865. The van der Waals surface area contributed by atoms with Gasteiger partial charge in [0.05, 0.1) is 6.42 Å².